The molecular formula is C17H14BrN3OS. The molecule has 2 aromatic heterocycles. The standard InChI is InChI=1S/C17H14BrN3OS/c18-12-4-6-13(7-5-12)20-16(22)9-8-14-11-23-17(21-14)15-3-1-2-10-19-15/h1-7,10-11H,8-9H2,(H,20,22). The summed E-state index contributed by atoms with van der Waals surface area (Å²) in [6, 6.07) is 13.3. The molecule has 0 unspecified atom stereocenters. The number of halogens is 1. The number of hydrogen-bond acceptors (Lipinski definition) is 4. The minimum absolute atomic E-state index is 0.0142. The number of thiazole rings is 1. The third-order valence-corrected chi connectivity index (χ3v) is 4.61. The molecule has 0 saturated heterocycles. The topological polar surface area (TPSA) is 54.9 Å². The van der Waals surface area contributed by atoms with Gasteiger partial charge in [0.1, 0.15) is 5.01 Å². The van der Waals surface area contributed by atoms with E-state index in [1.165, 1.54) is 0 Å². The Balaban J connectivity index is 1.55. The normalized spacial score (nSPS) is 10.5. The average molecular weight is 388 g/mol. The summed E-state index contributed by atoms with van der Waals surface area (Å²) in [6.07, 6.45) is 2.77. The molecule has 3 aromatic rings. The van der Waals surface area contributed by atoms with Crippen LogP contribution in [0.4, 0.5) is 5.69 Å². The molecule has 3 rings (SSSR count). The van der Waals surface area contributed by atoms with E-state index in [0.29, 0.717) is 12.8 Å². The smallest absolute Gasteiger partial charge is 0.224 e. The highest BCUT2D eigenvalue weighted by molar-refractivity contribution is 9.10. The first-order valence-electron chi connectivity index (χ1n) is 7.12. The zero-order valence-electron chi connectivity index (χ0n) is 12.2. The Morgan fingerprint density at radius 1 is 1.17 bits per heavy atom. The van der Waals surface area contributed by atoms with E-state index in [2.05, 4.69) is 31.2 Å². The van der Waals surface area contributed by atoms with Crippen LogP contribution in [0.5, 0.6) is 0 Å². The first kappa shape index (κ1) is 15.8. The van der Waals surface area contributed by atoms with Gasteiger partial charge in [0, 0.05) is 28.2 Å². The minimum atomic E-state index is -0.0142. The molecule has 23 heavy (non-hydrogen) atoms. The van der Waals surface area contributed by atoms with Gasteiger partial charge in [-0.3, -0.25) is 9.78 Å². The lowest BCUT2D eigenvalue weighted by molar-refractivity contribution is -0.116. The predicted octanol–water partition coefficient (Wildman–Crippen LogP) is 4.54. The molecule has 0 spiro atoms. The Morgan fingerprint density at radius 2 is 2.00 bits per heavy atom. The van der Waals surface area contributed by atoms with Crippen LogP contribution in [-0.4, -0.2) is 15.9 Å². The number of pyridine rings is 1. The first-order valence-corrected chi connectivity index (χ1v) is 8.79. The Hall–Kier alpha value is -2.05. The van der Waals surface area contributed by atoms with E-state index in [-0.39, 0.29) is 5.91 Å². The van der Waals surface area contributed by atoms with Gasteiger partial charge < -0.3 is 5.32 Å². The van der Waals surface area contributed by atoms with Crippen LogP contribution in [0.3, 0.4) is 0 Å². The maximum Gasteiger partial charge on any atom is 0.224 e. The molecule has 0 aliphatic rings. The SMILES string of the molecule is O=C(CCc1csc(-c2ccccn2)n1)Nc1ccc(Br)cc1. The summed E-state index contributed by atoms with van der Waals surface area (Å²) >= 11 is 4.92. The van der Waals surface area contributed by atoms with Crippen LogP contribution >= 0.6 is 27.3 Å². The number of amides is 1. The van der Waals surface area contributed by atoms with Gasteiger partial charge in [-0.1, -0.05) is 22.0 Å². The second-order valence-corrected chi connectivity index (χ2v) is 6.69. The molecule has 0 atom stereocenters. The van der Waals surface area contributed by atoms with E-state index >= 15 is 0 Å². The Labute approximate surface area is 146 Å². The van der Waals surface area contributed by atoms with E-state index in [1.54, 1.807) is 17.5 Å². The maximum atomic E-state index is 12.0. The number of aryl methyl sites for hydroxylation is 1. The molecule has 0 radical (unpaired) electrons. The lowest BCUT2D eigenvalue weighted by atomic mass is 10.2. The van der Waals surface area contributed by atoms with E-state index in [1.807, 2.05) is 47.8 Å². The van der Waals surface area contributed by atoms with Crippen LogP contribution in [-0.2, 0) is 11.2 Å². The second-order valence-electron chi connectivity index (χ2n) is 4.91. The lowest BCUT2D eigenvalue weighted by Crippen LogP contribution is -2.12. The van der Waals surface area contributed by atoms with E-state index in [9.17, 15) is 4.79 Å². The second kappa shape index (κ2) is 7.48. The van der Waals surface area contributed by atoms with Crippen molar-refractivity contribution in [1.82, 2.24) is 9.97 Å². The van der Waals surface area contributed by atoms with Gasteiger partial charge in [0.25, 0.3) is 0 Å². The fraction of sp³-hybridized carbons (Fsp3) is 0.118. The van der Waals surface area contributed by atoms with Crippen molar-refractivity contribution < 1.29 is 4.79 Å². The molecule has 6 heteroatoms. The number of carbonyl (C=O) groups is 1. The molecule has 0 bridgehead atoms. The van der Waals surface area contributed by atoms with Gasteiger partial charge in [-0.15, -0.1) is 11.3 Å². The summed E-state index contributed by atoms with van der Waals surface area (Å²) in [7, 11) is 0. The highest BCUT2D eigenvalue weighted by atomic mass is 79.9. The predicted molar refractivity (Wildman–Crippen MR) is 96.4 cm³/mol. The van der Waals surface area contributed by atoms with Crippen LogP contribution in [0.1, 0.15) is 12.1 Å². The molecule has 0 fully saturated rings. The van der Waals surface area contributed by atoms with E-state index in [4.69, 9.17) is 0 Å². The summed E-state index contributed by atoms with van der Waals surface area (Å²) in [5.74, 6) is -0.0142. The summed E-state index contributed by atoms with van der Waals surface area (Å²) in [5.41, 5.74) is 2.58. The molecule has 0 aliphatic heterocycles. The van der Waals surface area contributed by atoms with Crippen LogP contribution in [0.25, 0.3) is 10.7 Å². The number of benzene rings is 1. The quantitative estimate of drug-likeness (QED) is 0.698. The third-order valence-electron chi connectivity index (χ3n) is 3.17. The van der Waals surface area contributed by atoms with Gasteiger partial charge in [0.05, 0.1) is 11.4 Å². The van der Waals surface area contributed by atoms with Crippen molar-refractivity contribution >= 4 is 38.9 Å². The number of nitrogens with one attached hydrogen (secondary N) is 1. The molecule has 116 valence electrons. The first-order chi connectivity index (χ1) is 11.2. The van der Waals surface area contributed by atoms with Gasteiger partial charge in [-0.25, -0.2) is 4.98 Å². The number of anilines is 1. The lowest BCUT2D eigenvalue weighted by Gasteiger charge is -2.04. The molecule has 1 N–H and O–H groups in total. The highest BCUT2D eigenvalue weighted by Gasteiger charge is 2.08. The Bertz CT molecular complexity index is 787. The van der Waals surface area contributed by atoms with Gasteiger partial charge in [0.2, 0.25) is 5.91 Å². The van der Waals surface area contributed by atoms with Crippen molar-refractivity contribution in [2.24, 2.45) is 0 Å². The van der Waals surface area contributed by atoms with Crippen molar-refractivity contribution in [2.75, 3.05) is 5.32 Å². The molecular weight excluding hydrogens is 374 g/mol. The molecule has 2 heterocycles. The van der Waals surface area contributed by atoms with Crippen molar-refractivity contribution in [3.05, 3.63) is 64.2 Å². The van der Waals surface area contributed by atoms with Crippen LogP contribution < -0.4 is 5.32 Å². The summed E-state index contributed by atoms with van der Waals surface area (Å²) in [6.45, 7) is 0. The molecule has 1 aromatic carbocycles. The van der Waals surface area contributed by atoms with Gasteiger partial charge in [-0.2, -0.15) is 0 Å². The van der Waals surface area contributed by atoms with Crippen molar-refractivity contribution in [3.8, 4) is 10.7 Å². The van der Waals surface area contributed by atoms with Crippen LogP contribution in [0.15, 0.2) is 58.5 Å². The average Bonchev–Trinajstić information content (AvgIpc) is 3.05. The fourth-order valence-electron chi connectivity index (χ4n) is 2.03. The van der Waals surface area contributed by atoms with Gasteiger partial charge in [0.15, 0.2) is 0 Å². The van der Waals surface area contributed by atoms with Gasteiger partial charge >= 0.3 is 0 Å². The molecule has 0 aliphatic carbocycles. The van der Waals surface area contributed by atoms with Crippen LogP contribution in [0, 0.1) is 0 Å². The number of nitrogens with zero attached hydrogens (tertiary/aromatic N) is 2. The number of aromatic nitrogens is 2. The van der Waals surface area contributed by atoms with E-state index in [0.717, 1.165) is 26.6 Å². The third kappa shape index (κ3) is 4.46. The largest absolute Gasteiger partial charge is 0.326 e. The minimum Gasteiger partial charge on any atom is -0.326 e. The maximum absolute atomic E-state index is 12.0. The zero-order valence-corrected chi connectivity index (χ0v) is 14.6. The van der Waals surface area contributed by atoms with Crippen LogP contribution in [0.2, 0.25) is 0 Å². The summed E-state index contributed by atoms with van der Waals surface area (Å²) in [5, 5.41) is 5.75. The van der Waals surface area contributed by atoms with Crippen molar-refractivity contribution in [3.63, 3.8) is 0 Å². The van der Waals surface area contributed by atoms with E-state index < -0.39 is 0 Å². The van der Waals surface area contributed by atoms with Crippen molar-refractivity contribution in [1.29, 1.82) is 0 Å². The van der Waals surface area contributed by atoms with Crippen molar-refractivity contribution in [2.45, 2.75) is 12.8 Å². The molecule has 0 saturated carbocycles. The summed E-state index contributed by atoms with van der Waals surface area (Å²) in [4.78, 5) is 20.8. The summed E-state index contributed by atoms with van der Waals surface area (Å²) < 4.78 is 0.986. The number of hydrogen-bond donors (Lipinski definition) is 1. The Kier molecular flexibility index (Phi) is 5.15. The number of carbonyl (C=O) groups excluding carboxylic acids is 1. The van der Waals surface area contributed by atoms with Gasteiger partial charge in [-0.05, 0) is 42.8 Å². The number of rotatable bonds is 5. The molecule has 1 amide bonds. The highest BCUT2D eigenvalue weighted by Crippen LogP contribution is 2.22. The monoisotopic (exact) mass is 387 g/mol. The zero-order chi connectivity index (χ0) is 16.1. The Morgan fingerprint density at radius 3 is 2.74 bits per heavy atom. The molecule has 4 nitrogen and oxygen atoms in total. The fourth-order valence-corrected chi connectivity index (χ4v) is 3.12.